The summed E-state index contributed by atoms with van der Waals surface area (Å²) >= 11 is 0. The molecule has 0 aromatic heterocycles. The van der Waals surface area contributed by atoms with Crippen molar-refractivity contribution in [3.05, 3.63) is 261 Å². The molecule has 0 spiro atoms. The summed E-state index contributed by atoms with van der Waals surface area (Å²) in [5.74, 6) is -0.303. The second-order valence-electron chi connectivity index (χ2n) is 21.8. The maximum atomic E-state index is 18.3. The number of anilines is 6. The minimum atomic E-state index is -2.37. The molecule has 12 aromatic rings. The predicted molar refractivity (Wildman–Crippen MR) is 330 cm³/mol. The molecular weight excluding hydrogens is 956 g/mol. The van der Waals surface area contributed by atoms with Crippen LogP contribution in [0.3, 0.4) is 0 Å². The van der Waals surface area contributed by atoms with Crippen LogP contribution in [0.15, 0.2) is 255 Å². The van der Waals surface area contributed by atoms with Gasteiger partial charge in [0.1, 0.15) is 13.9 Å². The van der Waals surface area contributed by atoms with Gasteiger partial charge in [-0.2, -0.15) is 0 Å². The van der Waals surface area contributed by atoms with Gasteiger partial charge in [-0.3, -0.25) is 0 Å². The quantitative estimate of drug-likeness (QED) is 0.0995. The van der Waals surface area contributed by atoms with Gasteiger partial charge in [0.15, 0.2) is 0 Å². The Hall–Kier alpha value is -8.62. The van der Waals surface area contributed by atoms with E-state index in [0.29, 0.717) is 5.69 Å². The topological polar surface area (TPSA) is 6.48 Å². The molecule has 1 aliphatic rings. The van der Waals surface area contributed by atoms with Gasteiger partial charge in [0.2, 0.25) is 0 Å². The third-order valence-corrected chi connectivity index (χ3v) is 21.4. The molecule has 5 heteroatoms. The first-order chi connectivity index (χ1) is 37.0. The molecule has 0 fully saturated rings. The molecule has 0 saturated carbocycles. The highest BCUT2D eigenvalue weighted by molar-refractivity contribution is 7.03. The number of fused-ring (bicyclic) bond motifs is 6. The smallest absolute Gasteiger partial charge is 0.148 e. The molecule has 0 bridgehead atoms. The Bertz CT molecular complexity index is 4170. The lowest BCUT2D eigenvalue weighted by atomic mass is 9.89. The van der Waals surface area contributed by atoms with Gasteiger partial charge in [0, 0.05) is 33.6 Å². The Morgan fingerprint density at radius 3 is 1.58 bits per heavy atom. The molecule has 12 aromatic carbocycles. The van der Waals surface area contributed by atoms with E-state index in [0.717, 1.165) is 78.0 Å². The summed E-state index contributed by atoms with van der Waals surface area (Å²) in [4.78, 5) is 4.64. The minimum Gasteiger partial charge on any atom is -0.311 e. The standard InChI is InChI=1S/C71H57FN2Si2/c1-75(2,3)55-40-37-53(38-41-55)73(52-29-16-9-17-30-52)54-39-42-59-64-46-62-57-32-18-19-33-58(57)67(47-63(62)60-34-22-36-68(70(60)64)76(4,5)69(59)45-54)74(66-35-21-20-31-56(66)49-25-12-7-13-26-49)71-61(50-27-14-8-15-28-50)43-51(44-65(71)72)48-23-10-6-11-24-48/h6-47H,1-5H3. The minimum absolute atomic E-state index is 0.303. The monoisotopic (exact) mass is 1010 g/mol. The molecule has 2 nitrogen and oxygen atoms in total. The molecule has 0 atom stereocenters. The van der Waals surface area contributed by atoms with Crippen LogP contribution in [0.4, 0.5) is 38.5 Å². The SMILES string of the molecule is C[Si](C)(C)c1ccc(N(c2ccccc2)c2ccc3c(c2)[Si](C)(C)c2cccc4c2c-3cc2c3ccccc3c(N(c3ccccc3-c3ccccc3)c3c(F)cc(-c5ccccc5)cc3-c3ccccc3)cc42)cc1. The van der Waals surface area contributed by atoms with Crippen molar-refractivity contribution in [3.8, 4) is 44.5 Å². The second kappa shape index (κ2) is 18.6. The lowest BCUT2D eigenvalue weighted by Gasteiger charge is -2.36. The van der Waals surface area contributed by atoms with E-state index in [2.05, 4.69) is 249 Å². The van der Waals surface area contributed by atoms with Crippen LogP contribution in [0.2, 0.25) is 32.7 Å². The summed E-state index contributed by atoms with van der Waals surface area (Å²) in [6, 6.07) is 91.2. The first-order valence-corrected chi connectivity index (χ1v) is 32.9. The zero-order valence-corrected chi connectivity index (χ0v) is 45.5. The van der Waals surface area contributed by atoms with E-state index in [1.165, 1.54) is 42.8 Å². The number of rotatable bonds is 10. The average Bonchev–Trinajstić information content (AvgIpc) is 3.61. The van der Waals surface area contributed by atoms with Crippen LogP contribution in [0, 0.1) is 5.82 Å². The second-order valence-corrected chi connectivity index (χ2v) is 31.2. The van der Waals surface area contributed by atoms with E-state index in [1.54, 1.807) is 6.07 Å². The Morgan fingerprint density at radius 1 is 0.342 bits per heavy atom. The fourth-order valence-electron chi connectivity index (χ4n) is 12.0. The number of nitrogens with zero attached hydrogens (tertiary/aromatic N) is 2. The highest BCUT2D eigenvalue weighted by Gasteiger charge is 2.37. The van der Waals surface area contributed by atoms with Crippen LogP contribution >= 0.6 is 0 Å². The largest absolute Gasteiger partial charge is 0.311 e. The summed E-state index contributed by atoms with van der Waals surface area (Å²) in [6.07, 6.45) is 0. The van der Waals surface area contributed by atoms with Gasteiger partial charge in [-0.05, 0) is 137 Å². The van der Waals surface area contributed by atoms with Crippen molar-refractivity contribution >= 4 is 98.1 Å². The van der Waals surface area contributed by atoms with Crippen molar-refractivity contribution in [2.75, 3.05) is 9.80 Å². The number of para-hydroxylation sites is 2. The van der Waals surface area contributed by atoms with Gasteiger partial charge < -0.3 is 9.80 Å². The summed E-state index contributed by atoms with van der Waals surface area (Å²) < 4.78 is 18.3. The third kappa shape index (κ3) is 7.97. The Labute approximate surface area is 447 Å². The third-order valence-electron chi connectivity index (χ3n) is 15.8. The van der Waals surface area contributed by atoms with Crippen molar-refractivity contribution in [2.45, 2.75) is 32.7 Å². The van der Waals surface area contributed by atoms with E-state index in [4.69, 9.17) is 0 Å². The average molecular weight is 1010 g/mol. The highest BCUT2D eigenvalue weighted by Crippen LogP contribution is 2.52. The van der Waals surface area contributed by atoms with Gasteiger partial charge in [0.25, 0.3) is 0 Å². The maximum Gasteiger partial charge on any atom is 0.148 e. The lowest BCUT2D eigenvalue weighted by Crippen LogP contribution is -2.56. The van der Waals surface area contributed by atoms with Gasteiger partial charge in [-0.1, -0.05) is 226 Å². The van der Waals surface area contributed by atoms with Crippen molar-refractivity contribution in [2.24, 2.45) is 0 Å². The van der Waals surface area contributed by atoms with E-state index in [9.17, 15) is 0 Å². The van der Waals surface area contributed by atoms with Crippen molar-refractivity contribution in [1.82, 2.24) is 0 Å². The number of halogens is 1. The number of hydrogen-bond donors (Lipinski definition) is 0. The van der Waals surface area contributed by atoms with Gasteiger partial charge in [0.05, 0.1) is 25.1 Å². The summed E-state index contributed by atoms with van der Waals surface area (Å²) in [7, 11) is -3.87. The van der Waals surface area contributed by atoms with Crippen LogP contribution < -0.4 is 25.4 Å². The van der Waals surface area contributed by atoms with Crippen molar-refractivity contribution < 1.29 is 4.39 Å². The lowest BCUT2D eigenvalue weighted by molar-refractivity contribution is 0.630. The van der Waals surface area contributed by atoms with E-state index < -0.39 is 16.1 Å². The Balaban J connectivity index is 1.07. The summed E-state index contributed by atoms with van der Waals surface area (Å²) in [5, 5.41) is 11.3. The fraction of sp³-hybridized carbons (Fsp3) is 0.0704. The molecule has 76 heavy (non-hydrogen) atoms. The number of benzene rings is 12. The van der Waals surface area contributed by atoms with E-state index >= 15 is 4.39 Å². The van der Waals surface area contributed by atoms with E-state index in [-0.39, 0.29) is 5.82 Å². The van der Waals surface area contributed by atoms with Crippen molar-refractivity contribution in [1.29, 1.82) is 0 Å². The number of hydrogen-bond acceptors (Lipinski definition) is 2. The zero-order chi connectivity index (χ0) is 51.7. The normalized spacial score (nSPS) is 12.7. The first-order valence-electron chi connectivity index (χ1n) is 26.4. The van der Waals surface area contributed by atoms with Crippen LogP contribution in [-0.4, -0.2) is 16.1 Å². The van der Waals surface area contributed by atoms with Gasteiger partial charge in [-0.25, -0.2) is 4.39 Å². The molecule has 366 valence electrons. The highest BCUT2D eigenvalue weighted by atomic mass is 28.3. The Morgan fingerprint density at radius 2 is 0.895 bits per heavy atom. The molecule has 0 unspecified atom stereocenters. The maximum absolute atomic E-state index is 18.3. The summed E-state index contributed by atoms with van der Waals surface area (Å²) in [6.45, 7) is 12.3. The van der Waals surface area contributed by atoms with Crippen LogP contribution in [0.1, 0.15) is 0 Å². The fourth-order valence-corrected chi connectivity index (χ4v) is 16.3. The molecule has 13 rings (SSSR count). The molecule has 0 aliphatic carbocycles. The zero-order valence-electron chi connectivity index (χ0n) is 43.5. The molecule has 0 amide bonds. The molecule has 0 saturated heterocycles. The molecule has 1 heterocycles. The van der Waals surface area contributed by atoms with Crippen LogP contribution in [0.5, 0.6) is 0 Å². The van der Waals surface area contributed by atoms with Crippen molar-refractivity contribution in [3.63, 3.8) is 0 Å². The van der Waals surface area contributed by atoms with Gasteiger partial charge in [-0.15, -0.1) is 0 Å². The molecule has 1 aliphatic heterocycles. The molecule has 0 radical (unpaired) electrons. The van der Waals surface area contributed by atoms with Crippen LogP contribution in [0.25, 0.3) is 76.8 Å². The van der Waals surface area contributed by atoms with E-state index in [1.807, 2.05) is 42.5 Å². The van der Waals surface area contributed by atoms with Gasteiger partial charge >= 0.3 is 0 Å². The first kappa shape index (κ1) is 47.1. The molecule has 0 N–H and O–H groups in total. The summed E-state index contributed by atoms with van der Waals surface area (Å²) in [5.41, 5.74) is 13.9. The molecular formula is C71H57FN2Si2. The predicted octanol–water partition coefficient (Wildman–Crippen LogP) is 18.6. The Kier molecular flexibility index (Phi) is 11.6. The van der Waals surface area contributed by atoms with Crippen LogP contribution in [-0.2, 0) is 0 Å².